The Morgan fingerprint density at radius 3 is 1.60 bits per heavy atom. The van der Waals surface area contributed by atoms with Gasteiger partial charge in [0.25, 0.3) is 0 Å². The second-order valence-electron chi connectivity index (χ2n) is 0.105. The van der Waals surface area contributed by atoms with Crippen LogP contribution in [0.3, 0.4) is 0 Å². The summed E-state index contributed by atoms with van der Waals surface area (Å²) < 4.78 is 8.36. The molecule has 0 amide bonds. The molecule has 3 N–H and O–H groups in total. The van der Waals surface area contributed by atoms with Crippen LogP contribution in [0.25, 0.3) is 0 Å². The van der Waals surface area contributed by atoms with E-state index in [0.717, 1.165) is 0 Å². The molecule has 28 valence electrons. The van der Waals surface area contributed by atoms with Crippen molar-refractivity contribution in [2.75, 3.05) is 0 Å². The van der Waals surface area contributed by atoms with Gasteiger partial charge in [0.2, 0.25) is 0 Å². The molecule has 0 aliphatic carbocycles. The standard InChI is InChI=1S/BHO2.Ba.H2O.2H/c2-1-3;;;;/h2H;;1H2;;. The first-order valence-electron chi connectivity index (χ1n) is 0.494. The molecule has 0 aromatic rings. The molecule has 0 saturated carbocycles. The molecule has 0 spiro atoms. The summed E-state index contributed by atoms with van der Waals surface area (Å²) in [5, 5.41) is 6.89. The Kier molecular flexibility index (Phi) is 62.1. The monoisotopic (exact) mass is 202 g/mol. The normalized spacial score (nSPS) is 1.60. The second-order valence-corrected chi connectivity index (χ2v) is 0.105. The Morgan fingerprint density at radius 2 is 1.60 bits per heavy atom. The molecule has 0 radical (unpaired) electrons. The summed E-state index contributed by atoms with van der Waals surface area (Å²) in [6.45, 7) is 0. The van der Waals surface area contributed by atoms with Gasteiger partial charge in [-0.3, -0.25) is 0 Å². The molecule has 3 nitrogen and oxygen atoms in total. The molecule has 0 bridgehead atoms. The van der Waals surface area contributed by atoms with Crippen molar-refractivity contribution >= 4 is 56.2 Å². The van der Waals surface area contributed by atoms with Crippen molar-refractivity contribution in [2.45, 2.75) is 0 Å². The molecule has 0 aliphatic rings. The zero-order valence-electron chi connectivity index (χ0n) is 1.93. The Morgan fingerprint density at radius 1 is 1.60 bits per heavy atom. The van der Waals surface area contributed by atoms with Gasteiger partial charge in [0.15, 0.2) is 0 Å². The molecular formula is H5BBaO3. The maximum atomic E-state index is 8.36. The predicted octanol–water partition coefficient (Wildman–Crippen LogP) is -2.80. The SMILES string of the molecule is O.O=BO.[BaH2]. The van der Waals surface area contributed by atoms with E-state index in [1.807, 2.05) is 0 Å². The van der Waals surface area contributed by atoms with E-state index < -0.39 is 0 Å². The first-order valence-corrected chi connectivity index (χ1v) is 0.494. The van der Waals surface area contributed by atoms with E-state index in [0.29, 0.717) is 0 Å². The third-order valence-electron chi connectivity index (χ3n) is 0. The van der Waals surface area contributed by atoms with Gasteiger partial charge in [-0.15, -0.1) is 0 Å². The van der Waals surface area contributed by atoms with E-state index in [1.54, 1.807) is 0 Å². The van der Waals surface area contributed by atoms with E-state index in [-0.39, 0.29) is 61.7 Å². The Balaban J connectivity index is -0.0000000200. The minimum atomic E-state index is -0.250. The fourth-order valence-corrected chi connectivity index (χ4v) is 0. The van der Waals surface area contributed by atoms with Crippen molar-refractivity contribution in [3.63, 3.8) is 0 Å². The van der Waals surface area contributed by atoms with Crippen molar-refractivity contribution in [3.05, 3.63) is 0 Å². The van der Waals surface area contributed by atoms with Gasteiger partial charge in [-0.2, -0.15) is 0 Å². The summed E-state index contributed by atoms with van der Waals surface area (Å²) in [6, 6.07) is 0. The van der Waals surface area contributed by atoms with Gasteiger partial charge in [0, 0.05) is 0 Å². The zero-order valence-corrected chi connectivity index (χ0v) is 1.93. The number of rotatable bonds is 0. The minimum absolute atomic E-state index is 0. The molecule has 0 saturated heterocycles. The Bertz CT molecular complexity index is 14.4. The van der Waals surface area contributed by atoms with Crippen molar-refractivity contribution in [3.8, 4) is 0 Å². The van der Waals surface area contributed by atoms with Crippen LogP contribution in [0.15, 0.2) is 0 Å². The van der Waals surface area contributed by atoms with Crippen LogP contribution in [0.5, 0.6) is 0 Å². The first-order chi connectivity index (χ1) is 1.41. The van der Waals surface area contributed by atoms with E-state index in [1.165, 1.54) is 0 Å². The van der Waals surface area contributed by atoms with E-state index >= 15 is 0 Å². The van der Waals surface area contributed by atoms with Crippen molar-refractivity contribution in [2.24, 2.45) is 0 Å². The Hall–Kier alpha value is 1.20. The molecule has 0 aliphatic heterocycles. The molecule has 0 unspecified atom stereocenters. The number of hydrogen-bond donors (Lipinski definition) is 1. The predicted molar refractivity (Wildman–Crippen MR) is 20.8 cm³/mol. The second kappa shape index (κ2) is 19.0. The molecule has 0 atom stereocenters. The molecule has 5 heteroatoms. The average Bonchev–Trinajstić information content (AvgIpc) is 0.918. The molecule has 0 heterocycles. The summed E-state index contributed by atoms with van der Waals surface area (Å²) in [5.41, 5.74) is 0. The molecular weight excluding hydrogens is 196 g/mol. The van der Waals surface area contributed by atoms with Crippen LogP contribution in [-0.2, 0) is 4.70 Å². The molecule has 0 rings (SSSR count). The van der Waals surface area contributed by atoms with Crippen LogP contribution in [0.1, 0.15) is 0 Å². The quantitative estimate of drug-likeness (QED) is 0.430. The van der Waals surface area contributed by atoms with Gasteiger partial charge in [0.05, 0.1) is 0 Å². The van der Waals surface area contributed by atoms with Gasteiger partial charge in [-0.1, -0.05) is 0 Å². The fourth-order valence-electron chi connectivity index (χ4n) is 0. The zero-order chi connectivity index (χ0) is 2.71. The van der Waals surface area contributed by atoms with Gasteiger partial charge < -0.3 is 5.48 Å². The van der Waals surface area contributed by atoms with E-state index in [2.05, 4.69) is 0 Å². The van der Waals surface area contributed by atoms with Crippen LogP contribution in [0.4, 0.5) is 0 Å². The molecule has 0 fully saturated rings. The van der Waals surface area contributed by atoms with Gasteiger partial charge in [0.1, 0.15) is 0 Å². The van der Waals surface area contributed by atoms with Crippen LogP contribution in [0, 0.1) is 0 Å². The van der Waals surface area contributed by atoms with Gasteiger partial charge in [-0.25, -0.2) is 0 Å². The Labute approximate surface area is 70.4 Å². The first kappa shape index (κ1) is 16.4. The van der Waals surface area contributed by atoms with Gasteiger partial charge >= 0.3 is 66.0 Å². The summed E-state index contributed by atoms with van der Waals surface area (Å²) in [6.07, 6.45) is 0. The van der Waals surface area contributed by atoms with Crippen LogP contribution in [0.2, 0.25) is 0 Å². The van der Waals surface area contributed by atoms with Crippen molar-refractivity contribution in [1.82, 2.24) is 0 Å². The van der Waals surface area contributed by atoms with Crippen LogP contribution >= 0.6 is 0 Å². The third-order valence-corrected chi connectivity index (χ3v) is 0. The third kappa shape index (κ3) is 37.1. The summed E-state index contributed by atoms with van der Waals surface area (Å²) in [5.74, 6) is 0. The summed E-state index contributed by atoms with van der Waals surface area (Å²) in [7, 11) is -0.250. The van der Waals surface area contributed by atoms with E-state index in [9.17, 15) is 0 Å². The fraction of sp³-hybridized carbons (Fsp3) is 0. The summed E-state index contributed by atoms with van der Waals surface area (Å²) >= 11 is 0. The molecule has 5 heavy (non-hydrogen) atoms. The van der Waals surface area contributed by atoms with Crippen molar-refractivity contribution < 1.29 is 15.2 Å². The van der Waals surface area contributed by atoms with Crippen molar-refractivity contribution in [1.29, 1.82) is 0 Å². The topological polar surface area (TPSA) is 68.8 Å². The van der Waals surface area contributed by atoms with Crippen LogP contribution < -0.4 is 0 Å². The van der Waals surface area contributed by atoms with Crippen LogP contribution in [-0.4, -0.2) is 66.7 Å². The van der Waals surface area contributed by atoms with Gasteiger partial charge in [-0.05, 0) is 0 Å². The maximum absolute atomic E-state index is 8.36. The number of hydrogen-bond acceptors (Lipinski definition) is 1. The average molecular weight is 201 g/mol. The molecule has 0 aromatic carbocycles. The van der Waals surface area contributed by atoms with E-state index in [4.69, 9.17) is 9.73 Å². The summed E-state index contributed by atoms with van der Waals surface area (Å²) in [4.78, 5) is 0. The molecule has 0 aromatic heterocycles.